The van der Waals surface area contributed by atoms with Crippen LogP contribution in [0.3, 0.4) is 0 Å². The Morgan fingerprint density at radius 3 is 2.47 bits per heavy atom. The van der Waals surface area contributed by atoms with Crippen molar-refractivity contribution >= 4 is 5.91 Å². The van der Waals surface area contributed by atoms with E-state index in [1.54, 1.807) is 21.3 Å². The second-order valence-electron chi connectivity index (χ2n) is 8.43. The summed E-state index contributed by atoms with van der Waals surface area (Å²) in [6.45, 7) is 3.71. The van der Waals surface area contributed by atoms with Crippen LogP contribution in [0.4, 0.5) is 0 Å². The number of fused-ring (bicyclic) bond motifs is 1. The van der Waals surface area contributed by atoms with E-state index in [1.807, 2.05) is 19.1 Å². The lowest BCUT2D eigenvalue weighted by atomic mass is 9.66. The number of benzene rings is 1. The molecule has 0 unspecified atom stereocenters. The first-order chi connectivity index (χ1) is 14.5. The highest BCUT2D eigenvalue weighted by molar-refractivity contribution is 5.78. The molecule has 0 spiro atoms. The summed E-state index contributed by atoms with van der Waals surface area (Å²) in [5.74, 6) is 1.81. The number of methoxy groups -OCH3 is 3. The minimum absolute atomic E-state index is 0.0236. The van der Waals surface area contributed by atoms with Gasteiger partial charge in [0.05, 0.1) is 33.5 Å². The van der Waals surface area contributed by atoms with Gasteiger partial charge in [0.15, 0.2) is 11.5 Å². The zero-order chi connectivity index (χ0) is 21.7. The monoisotopic (exact) mass is 420 g/mol. The Hall–Kier alpha value is -1.99. The number of hydrogen-bond donors (Lipinski definition) is 2. The van der Waals surface area contributed by atoms with E-state index in [1.165, 1.54) is 0 Å². The molecule has 7 nitrogen and oxygen atoms in total. The summed E-state index contributed by atoms with van der Waals surface area (Å²) in [6, 6.07) is 3.83. The van der Waals surface area contributed by atoms with Crippen molar-refractivity contribution in [2.45, 2.75) is 57.1 Å². The van der Waals surface area contributed by atoms with Gasteiger partial charge < -0.3 is 24.6 Å². The van der Waals surface area contributed by atoms with Gasteiger partial charge in [-0.1, -0.05) is 19.8 Å². The van der Waals surface area contributed by atoms with Crippen LogP contribution in [0.2, 0.25) is 0 Å². The maximum absolute atomic E-state index is 12.5. The van der Waals surface area contributed by atoms with Gasteiger partial charge in [0.25, 0.3) is 0 Å². The molecule has 7 heteroatoms. The number of carbonyl (C=O) groups excluding carboxylic acids is 1. The van der Waals surface area contributed by atoms with Crippen molar-refractivity contribution in [1.82, 2.24) is 10.2 Å². The van der Waals surface area contributed by atoms with Gasteiger partial charge in [0, 0.05) is 25.0 Å². The zero-order valence-electron chi connectivity index (χ0n) is 18.7. The quantitative estimate of drug-likeness (QED) is 0.673. The lowest BCUT2D eigenvalue weighted by molar-refractivity contribution is -0.137. The molecule has 0 radical (unpaired) electrons. The van der Waals surface area contributed by atoms with Crippen molar-refractivity contribution in [2.75, 3.05) is 41.0 Å². The van der Waals surface area contributed by atoms with Crippen LogP contribution in [0.5, 0.6) is 17.2 Å². The highest BCUT2D eigenvalue weighted by Gasteiger charge is 2.49. The molecule has 3 rings (SSSR count). The lowest BCUT2D eigenvalue weighted by Crippen LogP contribution is -2.56. The third-order valence-electron chi connectivity index (χ3n) is 6.62. The number of rotatable bonds is 8. The Bertz CT molecular complexity index is 715. The predicted octanol–water partition coefficient (Wildman–Crippen LogP) is 2.91. The fourth-order valence-electron chi connectivity index (χ4n) is 5.14. The number of amides is 1. The Kier molecular flexibility index (Phi) is 7.47. The molecule has 2 aliphatic rings. The Morgan fingerprint density at radius 2 is 1.87 bits per heavy atom. The van der Waals surface area contributed by atoms with Crippen LogP contribution in [0.1, 0.15) is 57.1 Å². The number of nitrogens with one attached hydrogen (secondary N) is 1. The van der Waals surface area contributed by atoms with E-state index in [0.717, 1.165) is 37.7 Å². The molecule has 3 atom stereocenters. The van der Waals surface area contributed by atoms with Crippen molar-refractivity contribution in [3.8, 4) is 17.2 Å². The summed E-state index contributed by atoms with van der Waals surface area (Å²) in [4.78, 5) is 14.8. The second kappa shape index (κ2) is 9.88. The number of likely N-dealkylation sites (tertiary alicyclic amines) is 1. The van der Waals surface area contributed by atoms with Gasteiger partial charge in [-0.05, 0) is 43.4 Å². The molecule has 2 fully saturated rings. The largest absolute Gasteiger partial charge is 0.493 e. The molecule has 1 saturated heterocycles. The SMILES string of the molecule is CCCNC(=O)CN1CC[C@]2(O)CCCC[C@@H]2[C@@H]1c1cc(OC)c(OC)c(OC)c1. The van der Waals surface area contributed by atoms with Gasteiger partial charge in [0.2, 0.25) is 11.7 Å². The van der Waals surface area contributed by atoms with E-state index < -0.39 is 5.60 Å². The highest BCUT2D eigenvalue weighted by Crippen LogP contribution is 2.51. The molecule has 0 aromatic heterocycles. The highest BCUT2D eigenvalue weighted by atomic mass is 16.5. The Morgan fingerprint density at radius 1 is 1.17 bits per heavy atom. The number of aliphatic hydroxyl groups is 1. The topological polar surface area (TPSA) is 80.3 Å². The average Bonchev–Trinajstić information content (AvgIpc) is 2.76. The number of hydrogen-bond acceptors (Lipinski definition) is 6. The van der Waals surface area contributed by atoms with Crippen LogP contribution < -0.4 is 19.5 Å². The Balaban J connectivity index is 2.01. The van der Waals surface area contributed by atoms with Crippen LogP contribution >= 0.6 is 0 Å². The van der Waals surface area contributed by atoms with Crippen molar-refractivity contribution < 1.29 is 24.1 Å². The summed E-state index contributed by atoms with van der Waals surface area (Å²) in [5, 5.41) is 14.4. The third kappa shape index (κ3) is 4.52. The van der Waals surface area contributed by atoms with Crippen LogP contribution in [0.15, 0.2) is 12.1 Å². The zero-order valence-corrected chi connectivity index (χ0v) is 18.7. The number of piperidine rings is 1. The van der Waals surface area contributed by atoms with Crippen LogP contribution in [0.25, 0.3) is 0 Å². The van der Waals surface area contributed by atoms with Gasteiger partial charge in [-0.3, -0.25) is 9.69 Å². The smallest absolute Gasteiger partial charge is 0.234 e. The van der Waals surface area contributed by atoms with Gasteiger partial charge in [-0.25, -0.2) is 0 Å². The average molecular weight is 421 g/mol. The van der Waals surface area contributed by atoms with E-state index in [0.29, 0.717) is 43.3 Å². The molecular formula is C23H36N2O5. The second-order valence-corrected chi connectivity index (χ2v) is 8.43. The minimum Gasteiger partial charge on any atom is -0.493 e. The van der Waals surface area contributed by atoms with Crippen LogP contribution in [-0.4, -0.2) is 62.5 Å². The molecule has 1 heterocycles. The maximum atomic E-state index is 12.5. The number of ether oxygens (including phenoxy) is 3. The van der Waals surface area contributed by atoms with Crippen molar-refractivity contribution in [3.63, 3.8) is 0 Å². The molecule has 2 N–H and O–H groups in total. The molecule has 1 aliphatic heterocycles. The molecule has 1 aliphatic carbocycles. The summed E-state index contributed by atoms with van der Waals surface area (Å²) in [6.07, 6.45) is 5.49. The number of nitrogens with zero attached hydrogens (tertiary/aromatic N) is 1. The number of carbonyl (C=O) groups is 1. The van der Waals surface area contributed by atoms with Crippen LogP contribution in [-0.2, 0) is 4.79 Å². The summed E-state index contributed by atoms with van der Waals surface area (Å²) >= 11 is 0. The van der Waals surface area contributed by atoms with E-state index in [2.05, 4.69) is 10.2 Å². The summed E-state index contributed by atoms with van der Waals surface area (Å²) < 4.78 is 16.6. The molecule has 30 heavy (non-hydrogen) atoms. The molecular weight excluding hydrogens is 384 g/mol. The summed E-state index contributed by atoms with van der Waals surface area (Å²) in [5.41, 5.74) is 0.289. The standard InChI is InChI=1S/C23H36N2O5/c1-5-11-24-20(26)15-25-12-10-23(27)9-7-6-8-17(23)21(25)16-13-18(28-2)22(30-4)19(14-16)29-3/h13-14,17,21,27H,5-12,15H2,1-4H3,(H,24,26)/t17-,21+,23-/m1/s1. The fraction of sp³-hybridized carbons (Fsp3) is 0.696. The first kappa shape index (κ1) is 22.7. The van der Waals surface area contributed by atoms with Gasteiger partial charge in [0.1, 0.15) is 0 Å². The Labute approximate surface area is 179 Å². The van der Waals surface area contributed by atoms with Gasteiger partial charge in [-0.2, -0.15) is 0 Å². The first-order valence-corrected chi connectivity index (χ1v) is 11.0. The van der Waals surface area contributed by atoms with E-state index >= 15 is 0 Å². The van der Waals surface area contributed by atoms with Crippen molar-refractivity contribution in [3.05, 3.63) is 17.7 Å². The fourth-order valence-corrected chi connectivity index (χ4v) is 5.14. The van der Waals surface area contributed by atoms with Crippen molar-refractivity contribution in [1.29, 1.82) is 0 Å². The van der Waals surface area contributed by atoms with Crippen molar-refractivity contribution in [2.24, 2.45) is 5.92 Å². The third-order valence-corrected chi connectivity index (χ3v) is 6.62. The van der Waals surface area contributed by atoms with Crippen LogP contribution in [0, 0.1) is 5.92 Å². The van der Waals surface area contributed by atoms with Gasteiger partial charge in [-0.15, -0.1) is 0 Å². The summed E-state index contributed by atoms with van der Waals surface area (Å²) in [7, 11) is 4.80. The molecule has 1 amide bonds. The lowest BCUT2D eigenvalue weighted by Gasteiger charge is -2.52. The maximum Gasteiger partial charge on any atom is 0.234 e. The normalized spacial score (nSPS) is 26.6. The molecule has 1 saturated carbocycles. The molecule has 1 aromatic rings. The molecule has 0 bridgehead atoms. The van der Waals surface area contributed by atoms with E-state index in [-0.39, 0.29) is 17.9 Å². The predicted molar refractivity (Wildman–Crippen MR) is 115 cm³/mol. The van der Waals surface area contributed by atoms with E-state index in [4.69, 9.17) is 14.2 Å². The molecule has 1 aromatic carbocycles. The molecule has 168 valence electrons. The minimum atomic E-state index is -0.695. The van der Waals surface area contributed by atoms with E-state index in [9.17, 15) is 9.90 Å². The van der Waals surface area contributed by atoms with Gasteiger partial charge >= 0.3 is 0 Å². The first-order valence-electron chi connectivity index (χ1n) is 11.0.